The Labute approximate surface area is 182 Å². The first-order valence-electron chi connectivity index (χ1n) is 9.81. The Morgan fingerprint density at radius 2 is 2.00 bits per heavy atom. The summed E-state index contributed by atoms with van der Waals surface area (Å²) in [6, 6.07) is 10.8. The summed E-state index contributed by atoms with van der Waals surface area (Å²) in [4.78, 5) is 26.6. The quantitative estimate of drug-likeness (QED) is 0.712. The number of alkyl halides is 2. The van der Waals surface area contributed by atoms with Crippen molar-refractivity contribution in [1.82, 2.24) is 4.90 Å². The van der Waals surface area contributed by atoms with E-state index in [1.807, 2.05) is 6.92 Å². The number of rotatable bonds is 6. The van der Waals surface area contributed by atoms with Crippen molar-refractivity contribution in [2.45, 2.75) is 37.3 Å². The lowest BCUT2D eigenvalue weighted by molar-refractivity contribution is -0.135. The number of nitrogens with one attached hydrogen (secondary N) is 1. The lowest BCUT2D eigenvalue weighted by Crippen LogP contribution is -2.48. The summed E-state index contributed by atoms with van der Waals surface area (Å²) in [6.07, 6.45) is 1.16. The zero-order valence-electron chi connectivity index (χ0n) is 17.1. The monoisotopic (exact) mass is 448 g/mol. The largest absolute Gasteiger partial charge is 0.497 e. The molecule has 2 aromatic carbocycles. The lowest BCUT2D eigenvalue weighted by atomic mass is 10.0. The van der Waals surface area contributed by atoms with Gasteiger partial charge in [-0.15, -0.1) is 11.8 Å². The minimum absolute atomic E-state index is 0.00289. The molecule has 0 aliphatic carbocycles. The number of anilines is 1. The second kappa shape index (κ2) is 8.37. The number of benzene rings is 2. The number of methoxy groups -OCH3 is 1. The second-order valence-corrected chi connectivity index (χ2v) is 9.07. The highest BCUT2D eigenvalue weighted by Gasteiger charge is 2.52. The van der Waals surface area contributed by atoms with E-state index < -0.39 is 12.7 Å². The molecule has 2 atom stereocenters. The van der Waals surface area contributed by atoms with E-state index in [0.717, 1.165) is 6.42 Å². The number of ether oxygens (including phenoxy) is 2. The molecular weight excluding hydrogens is 426 g/mol. The first kappa shape index (κ1) is 21.4. The van der Waals surface area contributed by atoms with Gasteiger partial charge in [0.1, 0.15) is 17.5 Å². The van der Waals surface area contributed by atoms with Gasteiger partial charge >= 0.3 is 6.61 Å². The van der Waals surface area contributed by atoms with Gasteiger partial charge in [0.2, 0.25) is 11.8 Å². The fourth-order valence-corrected chi connectivity index (χ4v) is 5.47. The minimum Gasteiger partial charge on any atom is -0.497 e. The number of nitrogens with zero attached hydrogens (tertiary/aromatic N) is 1. The fraction of sp³-hybridized carbons (Fsp3) is 0.364. The number of hydrogen-bond donors (Lipinski definition) is 1. The molecule has 2 saturated heterocycles. The van der Waals surface area contributed by atoms with Gasteiger partial charge in [0.15, 0.2) is 0 Å². The van der Waals surface area contributed by atoms with Crippen LogP contribution in [0.2, 0.25) is 0 Å². The zero-order chi connectivity index (χ0) is 22.2. The van der Waals surface area contributed by atoms with Crippen LogP contribution in [0.25, 0.3) is 11.1 Å². The van der Waals surface area contributed by atoms with Gasteiger partial charge in [-0.2, -0.15) is 8.78 Å². The highest BCUT2D eigenvalue weighted by atomic mass is 32.2. The van der Waals surface area contributed by atoms with Crippen LogP contribution in [0.5, 0.6) is 11.5 Å². The molecule has 2 fully saturated rings. The van der Waals surface area contributed by atoms with Crippen LogP contribution in [0, 0.1) is 0 Å². The van der Waals surface area contributed by atoms with Crippen molar-refractivity contribution >= 4 is 29.3 Å². The number of carbonyl (C=O) groups is 2. The molecule has 2 unspecified atom stereocenters. The van der Waals surface area contributed by atoms with Crippen molar-refractivity contribution in [2.75, 3.05) is 18.2 Å². The van der Waals surface area contributed by atoms with Gasteiger partial charge in [-0.1, -0.05) is 12.1 Å². The van der Waals surface area contributed by atoms with Gasteiger partial charge < -0.3 is 19.7 Å². The van der Waals surface area contributed by atoms with Crippen LogP contribution in [-0.4, -0.2) is 47.1 Å². The van der Waals surface area contributed by atoms with Crippen molar-refractivity contribution in [3.63, 3.8) is 0 Å². The summed E-state index contributed by atoms with van der Waals surface area (Å²) in [6.45, 7) is -1.000. The van der Waals surface area contributed by atoms with E-state index in [-0.39, 0.29) is 22.4 Å². The number of hydrogen-bond acceptors (Lipinski definition) is 5. The van der Waals surface area contributed by atoms with Crippen molar-refractivity contribution in [2.24, 2.45) is 0 Å². The fourth-order valence-electron chi connectivity index (χ4n) is 4.04. The van der Waals surface area contributed by atoms with Crippen LogP contribution in [0.3, 0.4) is 0 Å². The molecule has 2 heterocycles. The van der Waals surface area contributed by atoms with Crippen LogP contribution >= 0.6 is 11.8 Å². The van der Waals surface area contributed by atoms with Gasteiger partial charge in [0, 0.05) is 23.4 Å². The normalized spacial score (nSPS) is 22.5. The van der Waals surface area contributed by atoms with Crippen molar-refractivity contribution in [3.8, 4) is 22.6 Å². The first-order valence-corrected chi connectivity index (χ1v) is 10.8. The van der Waals surface area contributed by atoms with Gasteiger partial charge in [-0.25, -0.2) is 0 Å². The van der Waals surface area contributed by atoms with Gasteiger partial charge in [0.05, 0.1) is 12.0 Å². The van der Waals surface area contributed by atoms with Crippen LogP contribution in [-0.2, 0) is 9.59 Å². The third-order valence-corrected chi connectivity index (χ3v) is 7.12. The molecule has 0 bridgehead atoms. The third-order valence-electron chi connectivity index (χ3n) is 5.61. The Balaban J connectivity index is 1.60. The summed E-state index contributed by atoms with van der Waals surface area (Å²) < 4.78 is 35.6. The van der Waals surface area contributed by atoms with Gasteiger partial charge in [-0.05, 0) is 49.2 Å². The van der Waals surface area contributed by atoms with E-state index in [9.17, 15) is 18.4 Å². The molecule has 2 aliphatic heterocycles. The topological polar surface area (TPSA) is 67.9 Å². The number of fused-ring (bicyclic) bond motifs is 1. The van der Waals surface area contributed by atoms with E-state index in [1.165, 1.54) is 19.2 Å². The average Bonchev–Trinajstić information content (AvgIpc) is 3.24. The predicted octanol–water partition coefficient (Wildman–Crippen LogP) is 4.36. The molecule has 1 N–H and O–H groups in total. The highest BCUT2D eigenvalue weighted by Crippen LogP contribution is 2.47. The predicted molar refractivity (Wildman–Crippen MR) is 114 cm³/mol. The first-order chi connectivity index (χ1) is 14.8. The molecule has 0 saturated carbocycles. The number of amides is 2. The molecule has 2 aromatic rings. The summed E-state index contributed by atoms with van der Waals surface area (Å²) >= 11 is 1.61. The highest BCUT2D eigenvalue weighted by molar-refractivity contribution is 8.01. The maximum Gasteiger partial charge on any atom is 0.387 e. The zero-order valence-corrected chi connectivity index (χ0v) is 17.9. The van der Waals surface area contributed by atoms with E-state index in [2.05, 4.69) is 10.1 Å². The Morgan fingerprint density at radius 1 is 1.26 bits per heavy atom. The molecule has 0 spiro atoms. The molecule has 0 aromatic heterocycles. The van der Waals surface area contributed by atoms with Gasteiger partial charge in [-0.3, -0.25) is 9.59 Å². The van der Waals surface area contributed by atoms with E-state index >= 15 is 0 Å². The van der Waals surface area contributed by atoms with Crippen LogP contribution in [0.4, 0.5) is 14.5 Å². The van der Waals surface area contributed by atoms with Crippen LogP contribution in [0.1, 0.15) is 19.8 Å². The average molecular weight is 448 g/mol. The summed E-state index contributed by atoms with van der Waals surface area (Å²) in [5, 5.41) is 2.83. The smallest absolute Gasteiger partial charge is 0.387 e. The third kappa shape index (κ3) is 4.19. The molecule has 2 aliphatic rings. The number of carbonyl (C=O) groups excluding carboxylic acids is 2. The molecule has 4 rings (SSSR count). The molecule has 9 heteroatoms. The number of thioether (sulfide) groups is 1. The summed E-state index contributed by atoms with van der Waals surface area (Å²) in [5.41, 5.74) is 1.47. The van der Waals surface area contributed by atoms with Gasteiger partial charge in [0.25, 0.3) is 0 Å². The molecule has 31 heavy (non-hydrogen) atoms. The molecule has 0 radical (unpaired) electrons. The van der Waals surface area contributed by atoms with Crippen LogP contribution < -0.4 is 14.8 Å². The Morgan fingerprint density at radius 3 is 2.68 bits per heavy atom. The Bertz CT molecular complexity index is 1000. The van der Waals surface area contributed by atoms with E-state index in [4.69, 9.17) is 4.74 Å². The van der Waals surface area contributed by atoms with E-state index in [1.54, 1.807) is 47.0 Å². The molecular formula is C22H22F2N2O4S. The standard InChI is InChI=1S/C22H22F2N2O4S/c1-22-10-9-19(27)26(22)17(12-31-22)20(28)25-14-5-8-18(30-21(23)24)16(11-14)13-3-6-15(29-2)7-4-13/h3-8,11,17,21H,9-10,12H2,1-2H3,(H,25,28). The number of halogens is 2. The summed E-state index contributed by atoms with van der Waals surface area (Å²) in [5.74, 6) is 0.826. The Kier molecular flexibility index (Phi) is 5.79. The molecule has 6 nitrogen and oxygen atoms in total. The van der Waals surface area contributed by atoms with Crippen molar-refractivity contribution in [1.29, 1.82) is 0 Å². The maximum atomic E-state index is 13.0. The molecule has 2 amide bonds. The van der Waals surface area contributed by atoms with E-state index in [0.29, 0.717) is 34.7 Å². The SMILES string of the molecule is COc1ccc(-c2cc(NC(=O)C3CSC4(C)CCC(=O)N34)ccc2OC(F)F)cc1. The Hall–Kier alpha value is -2.81. The summed E-state index contributed by atoms with van der Waals surface area (Å²) in [7, 11) is 1.54. The second-order valence-electron chi connectivity index (χ2n) is 7.57. The molecule has 164 valence electrons. The van der Waals surface area contributed by atoms with Crippen molar-refractivity contribution in [3.05, 3.63) is 42.5 Å². The lowest BCUT2D eigenvalue weighted by Gasteiger charge is -2.29. The van der Waals surface area contributed by atoms with Crippen LogP contribution in [0.15, 0.2) is 42.5 Å². The minimum atomic E-state index is -2.98. The van der Waals surface area contributed by atoms with Crippen molar-refractivity contribution < 1.29 is 27.8 Å². The maximum absolute atomic E-state index is 13.0.